The second-order valence-electron chi connectivity index (χ2n) is 4.68. The van der Waals surface area contributed by atoms with Gasteiger partial charge in [-0.15, -0.1) is 0 Å². The van der Waals surface area contributed by atoms with Crippen molar-refractivity contribution in [1.82, 2.24) is 9.78 Å². The van der Waals surface area contributed by atoms with Crippen LogP contribution < -0.4 is 11.1 Å². The van der Waals surface area contributed by atoms with Gasteiger partial charge in [0.15, 0.2) is 0 Å². The van der Waals surface area contributed by atoms with Crippen molar-refractivity contribution in [1.29, 1.82) is 0 Å². The minimum Gasteiger partial charge on any atom is -0.380 e. The summed E-state index contributed by atoms with van der Waals surface area (Å²) in [4.78, 5) is 0. The number of benzene rings is 1. The monoisotopic (exact) mass is 262 g/mol. The Balaban J connectivity index is 1.89. The Morgan fingerprint density at radius 1 is 1.39 bits per heavy atom. The van der Waals surface area contributed by atoms with Gasteiger partial charge >= 0.3 is 0 Å². The van der Waals surface area contributed by atoms with E-state index in [-0.39, 0.29) is 0 Å². The lowest BCUT2D eigenvalue weighted by molar-refractivity contribution is 0.373. The molecule has 0 unspecified atom stereocenters. The molecule has 3 rings (SSSR count). The second kappa shape index (κ2) is 4.63. The maximum atomic E-state index is 6.06. The second-order valence-corrected chi connectivity index (χ2v) is 5.12. The zero-order valence-electron chi connectivity index (χ0n) is 9.88. The van der Waals surface area contributed by atoms with Crippen molar-refractivity contribution in [3.63, 3.8) is 0 Å². The number of anilines is 1. The molecular weight excluding hydrogens is 248 g/mol. The van der Waals surface area contributed by atoms with Crippen LogP contribution in [0.25, 0.3) is 5.69 Å². The van der Waals surface area contributed by atoms with Gasteiger partial charge in [-0.2, -0.15) is 5.10 Å². The first-order valence-corrected chi connectivity index (χ1v) is 6.42. The standard InChI is InChI=1S/C13H15ClN4/c14-9-2-3-13(18-5-1-4-16-18)12(6-9)17-11-7-10(15)8-11/h1-6,10-11,17H,7-8,15H2. The van der Waals surface area contributed by atoms with Crippen molar-refractivity contribution >= 4 is 17.3 Å². The molecule has 94 valence electrons. The molecule has 0 aliphatic heterocycles. The molecule has 0 spiro atoms. The Kier molecular flexibility index (Phi) is 2.97. The summed E-state index contributed by atoms with van der Waals surface area (Å²) in [5.41, 5.74) is 7.81. The van der Waals surface area contributed by atoms with Gasteiger partial charge in [0.05, 0.1) is 11.4 Å². The molecule has 18 heavy (non-hydrogen) atoms. The Hall–Kier alpha value is -1.52. The molecule has 0 saturated heterocycles. The lowest BCUT2D eigenvalue weighted by atomic mass is 9.87. The molecule has 0 atom stereocenters. The van der Waals surface area contributed by atoms with Crippen LogP contribution in [0.4, 0.5) is 5.69 Å². The van der Waals surface area contributed by atoms with E-state index in [0.717, 1.165) is 29.2 Å². The molecule has 5 heteroatoms. The third kappa shape index (κ3) is 2.21. The number of rotatable bonds is 3. The Bertz CT molecular complexity index is 532. The molecule has 3 N–H and O–H groups in total. The molecule has 1 aliphatic carbocycles. The van der Waals surface area contributed by atoms with Gasteiger partial charge < -0.3 is 11.1 Å². The predicted octanol–water partition coefficient (Wildman–Crippen LogP) is 2.43. The molecule has 1 heterocycles. The number of hydrogen-bond acceptors (Lipinski definition) is 3. The molecule has 1 fully saturated rings. The van der Waals surface area contributed by atoms with Gasteiger partial charge in [0.1, 0.15) is 0 Å². The van der Waals surface area contributed by atoms with Crippen LogP contribution in [-0.4, -0.2) is 21.9 Å². The van der Waals surface area contributed by atoms with Crippen molar-refractivity contribution in [3.05, 3.63) is 41.7 Å². The van der Waals surface area contributed by atoms with Crippen LogP contribution in [0.3, 0.4) is 0 Å². The average Bonchev–Trinajstić information content (AvgIpc) is 2.80. The third-order valence-electron chi connectivity index (χ3n) is 3.24. The van der Waals surface area contributed by atoms with Crippen LogP contribution in [0, 0.1) is 0 Å². The van der Waals surface area contributed by atoms with Gasteiger partial charge in [0.25, 0.3) is 0 Å². The summed E-state index contributed by atoms with van der Waals surface area (Å²) < 4.78 is 1.83. The van der Waals surface area contributed by atoms with Gasteiger partial charge in [0.2, 0.25) is 0 Å². The predicted molar refractivity (Wildman–Crippen MR) is 73.2 cm³/mol. The van der Waals surface area contributed by atoms with Crippen molar-refractivity contribution in [3.8, 4) is 5.69 Å². The summed E-state index contributed by atoms with van der Waals surface area (Å²) in [6.45, 7) is 0. The van der Waals surface area contributed by atoms with Crippen molar-refractivity contribution in [2.75, 3.05) is 5.32 Å². The molecule has 1 aromatic carbocycles. The summed E-state index contributed by atoms with van der Waals surface area (Å²) in [6.07, 6.45) is 5.69. The topological polar surface area (TPSA) is 55.9 Å². The Morgan fingerprint density at radius 2 is 2.22 bits per heavy atom. The molecule has 4 nitrogen and oxygen atoms in total. The quantitative estimate of drug-likeness (QED) is 0.893. The number of nitrogens with one attached hydrogen (secondary N) is 1. The van der Waals surface area contributed by atoms with E-state index in [1.807, 2.05) is 35.1 Å². The molecule has 0 bridgehead atoms. The maximum absolute atomic E-state index is 6.06. The van der Waals surface area contributed by atoms with E-state index in [1.54, 1.807) is 6.20 Å². The number of nitrogens with two attached hydrogens (primary N) is 1. The van der Waals surface area contributed by atoms with E-state index in [9.17, 15) is 0 Å². The SMILES string of the molecule is NC1CC(Nc2cc(Cl)ccc2-n2cccn2)C1. The summed E-state index contributed by atoms with van der Waals surface area (Å²) >= 11 is 6.06. The lowest BCUT2D eigenvalue weighted by Crippen LogP contribution is -2.44. The number of halogens is 1. The highest BCUT2D eigenvalue weighted by Gasteiger charge is 2.26. The van der Waals surface area contributed by atoms with Gasteiger partial charge in [-0.1, -0.05) is 11.6 Å². The molecule has 1 saturated carbocycles. The first-order valence-electron chi connectivity index (χ1n) is 6.04. The summed E-state index contributed by atoms with van der Waals surface area (Å²) in [6, 6.07) is 8.44. The largest absolute Gasteiger partial charge is 0.380 e. The fraction of sp³-hybridized carbons (Fsp3) is 0.308. The first kappa shape index (κ1) is 11.6. The van der Waals surface area contributed by atoms with Crippen molar-refractivity contribution in [2.45, 2.75) is 24.9 Å². The molecule has 1 aromatic heterocycles. The van der Waals surface area contributed by atoms with Crippen LogP contribution in [0.15, 0.2) is 36.7 Å². The molecule has 0 radical (unpaired) electrons. The van der Waals surface area contributed by atoms with E-state index in [4.69, 9.17) is 17.3 Å². The zero-order chi connectivity index (χ0) is 12.5. The van der Waals surface area contributed by atoms with Gasteiger partial charge in [-0.25, -0.2) is 4.68 Å². The summed E-state index contributed by atoms with van der Waals surface area (Å²) in [5, 5.41) is 8.45. The summed E-state index contributed by atoms with van der Waals surface area (Å²) in [5.74, 6) is 0. The Morgan fingerprint density at radius 3 is 2.89 bits per heavy atom. The van der Waals surface area contributed by atoms with Crippen molar-refractivity contribution < 1.29 is 0 Å². The van der Waals surface area contributed by atoms with E-state index in [0.29, 0.717) is 12.1 Å². The van der Waals surface area contributed by atoms with E-state index in [1.165, 1.54) is 0 Å². The van der Waals surface area contributed by atoms with Gasteiger partial charge in [-0.3, -0.25) is 0 Å². The Labute approximate surface area is 111 Å². The van der Waals surface area contributed by atoms with Crippen LogP contribution in [0.1, 0.15) is 12.8 Å². The molecule has 0 amide bonds. The van der Waals surface area contributed by atoms with Crippen LogP contribution in [0.2, 0.25) is 5.02 Å². The molecule has 2 aromatic rings. The number of hydrogen-bond donors (Lipinski definition) is 2. The zero-order valence-corrected chi connectivity index (χ0v) is 10.6. The lowest BCUT2D eigenvalue weighted by Gasteiger charge is -2.34. The van der Waals surface area contributed by atoms with Crippen molar-refractivity contribution in [2.24, 2.45) is 5.73 Å². The van der Waals surface area contributed by atoms with Crippen LogP contribution >= 0.6 is 11.6 Å². The highest BCUT2D eigenvalue weighted by molar-refractivity contribution is 6.31. The smallest absolute Gasteiger partial charge is 0.0877 e. The minimum absolute atomic E-state index is 0.329. The maximum Gasteiger partial charge on any atom is 0.0877 e. The van der Waals surface area contributed by atoms with E-state index in [2.05, 4.69) is 10.4 Å². The molecule has 1 aliphatic rings. The number of nitrogens with zero attached hydrogens (tertiary/aromatic N) is 2. The normalized spacial score (nSPS) is 22.6. The number of aromatic nitrogens is 2. The van der Waals surface area contributed by atoms with Gasteiger partial charge in [-0.05, 0) is 37.1 Å². The van der Waals surface area contributed by atoms with Crippen LogP contribution in [-0.2, 0) is 0 Å². The highest BCUT2D eigenvalue weighted by atomic mass is 35.5. The fourth-order valence-electron chi connectivity index (χ4n) is 2.23. The van der Waals surface area contributed by atoms with Crippen LogP contribution in [0.5, 0.6) is 0 Å². The van der Waals surface area contributed by atoms with Gasteiger partial charge in [0, 0.05) is 29.5 Å². The van der Waals surface area contributed by atoms with E-state index < -0.39 is 0 Å². The fourth-order valence-corrected chi connectivity index (χ4v) is 2.41. The highest BCUT2D eigenvalue weighted by Crippen LogP contribution is 2.28. The average molecular weight is 263 g/mol. The third-order valence-corrected chi connectivity index (χ3v) is 3.48. The summed E-state index contributed by atoms with van der Waals surface area (Å²) in [7, 11) is 0. The first-order chi connectivity index (χ1) is 8.72. The minimum atomic E-state index is 0.329. The molecular formula is C13H15ClN4. The van der Waals surface area contributed by atoms with E-state index >= 15 is 0 Å².